The smallest absolute Gasteiger partial charge is 0.277 e. The standard InChI is InChI=1S/C18H16FN3O3/c1-13(14-5-7-16(8-6-14)24-10-9-20)21-22-18(23)12-25-17-4-2-3-15(19)11-17/h2-8,11H,10,12H2,1H3,(H,22,23)/b21-13-. The zero-order chi connectivity index (χ0) is 18.1. The molecule has 0 spiro atoms. The molecule has 0 saturated heterocycles. The van der Waals surface area contributed by atoms with Crippen LogP contribution >= 0.6 is 0 Å². The van der Waals surface area contributed by atoms with Gasteiger partial charge in [0.15, 0.2) is 13.2 Å². The molecule has 2 aromatic rings. The number of nitrogens with zero attached hydrogens (tertiary/aromatic N) is 2. The third kappa shape index (κ3) is 5.95. The van der Waals surface area contributed by atoms with E-state index in [-0.39, 0.29) is 19.0 Å². The molecule has 0 aliphatic rings. The normalized spacial score (nSPS) is 10.7. The van der Waals surface area contributed by atoms with Gasteiger partial charge in [-0.1, -0.05) is 6.07 Å². The lowest BCUT2D eigenvalue weighted by molar-refractivity contribution is -0.123. The van der Waals surface area contributed by atoms with Crippen LogP contribution in [0.4, 0.5) is 4.39 Å². The average molecular weight is 341 g/mol. The zero-order valence-corrected chi connectivity index (χ0v) is 13.5. The Morgan fingerprint density at radius 2 is 1.96 bits per heavy atom. The number of benzene rings is 2. The van der Waals surface area contributed by atoms with E-state index in [9.17, 15) is 9.18 Å². The summed E-state index contributed by atoms with van der Waals surface area (Å²) in [7, 11) is 0. The zero-order valence-electron chi connectivity index (χ0n) is 13.5. The topological polar surface area (TPSA) is 83.7 Å². The number of hydrazone groups is 1. The van der Waals surface area contributed by atoms with Crippen LogP contribution < -0.4 is 14.9 Å². The third-order valence-corrected chi connectivity index (χ3v) is 3.09. The highest BCUT2D eigenvalue weighted by atomic mass is 19.1. The molecule has 0 fully saturated rings. The van der Waals surface area contributed by atoms with Gasteiger partial charge in [-0.15, -0.1) is 0 Å². The SMILES string of the molecule is C/C(=N/NC(=O)COc1cccc(F)c1)c1ccc(OCC#N)cc1. The summed E-state index contributed by atoms with van der Waals surface area (Å²) in [5.41, 5.74) is 3.75. The molecular weight excluding hydrogens is 325 g/mol. The second kappa shape index (κ2) is 9.03. The quantitative estimate of drug-likeness (QED) is 0.620. The van der Waals surface area contributed by atoms with Crippen molar-refractivity contribution in [2.24, 2.45) is 5.10 Å². The number of carbonyl (C=O) groups excluding carboxylic acids is 1. The number of halogens is 1. The van der Waals surface area contributed by atoms with Gasteiger partial charge in [-0.05, 0) is 48.9 Å². The van der Waals surface area contributed by atoms with Crippen LogP contribution in [0.3, 0.4) is 0 Å². The molecule has 0 unspecified atom stereocenters. The summed E-state index contributed by atoms with van der Waals surface area (Å²) >= 11 is 0. The Morgan fingerprint density at radius 3 is 2.64 bits per heavy atom. The van der Waals surface area contributed by atoms with E-state index in [1.807, 2.05) is 6.07 Å². The maximum atomic E-state index is 13.0. The molecule has 7 heteroatoms. The molecule has 128 valence electrons. The van der Waals surface area contributed by atoms with Crippen LogP contribution in [-0.4, -0.2) is 24.8 Å². The fraction of sp³-hybridized carbons (Fsp3) is 0.167. The Morgan fingerprint density at radius 1 is 1.20 bits per heavy atom. The molecule has 0 aromatic heterocycles. The third-order valence-electron chi connectivity index (χ3n) is 3.09. The number of nitrogens with one attached hydrogen (secondary N) is 1. The number of hydrogen-bond acceptors (Lipinski definition) is 5. The van der Waals surface area contributed by atoms with Crippen LogP contribution in [0.15, 0.2) is 53.6 Å². The molecule has 0 radical (unpaired) electrons. The first kappa shape index (κ1) is 17.9. The number of carbonyl (C=O) groups is 1. The lowest BCUT2D eigenvalue weighted by Gasteiger charge is -2.06. The Bertz CT molecular complexity index is 798. The Hall–Kier alpha value is -3.40. The number of amides is 1. The van der Waals surface area contributed by atoms with Crippen molar-refractivity contribution in [3.8, 4) is 17.6 Å². The van der Waals surface area contributed by atoms with E-state index < -0.39 is 11.7 Å². The first-order valence-corrected chi connectivity index (χ1v) is 7.40. The summed E-state index contributed by atoms with van der Waals surface area (Å²) in [4.78, 5) is 11.7. The number of rotatable bonds is 7. The van der Waals surface area contributed by atoms with Crippen molar-refractivity contribution in [1.82, 2.24) is 5.43 Å². The van der Waals surface area contributed by atoms with Crippen molar-refractivity contribution >= 4 is 11.6 Å². The molecule has 1 amide bonds. The predicted molar refractivity (Wildman–Crippen MR) is 89.8 cm³/mol. The molecule has 0 aliphatic heterocycles. The van der Waals surface area contributed by atoms with Gasteiger partial charge in [0.25, 0.3) is 5.91 Å². The lowest BCUT2D eigenvalue weighted by Crippen LogP contribution is -2.25. The molecule has 6 nitrogen and oxygen atoms in total. The highest BCUT2D eigenvalue weighted by molar-refractivity contribution is 5.99. The lowest BCUT2D eigenvalue weighted by atomic mass is 10.1. The summed E-state index contributed by atoms with van der Waals surface area (Å²) in [6, 6.07) is 14.4. The fourth-order valence-electron chi connectivity index (χ4n) is 1.86. The van der Waals surface area contributed by atoms with E-state index >= 15 is 0 Å². The van der Waals surface area contributed by atoms with Gasteiger partial charge in [0, 0.05) is 6.07 Å². The van der Waals surface area contributed by atoms with E-state index in [2.05, 4.69) is 10.5 Å². The molecule has 0 saturated carbocycles. The summed E-state index contributed by atoms with van der Waals surface area (Å²) in [5.74, 6) is -0.0546. The van der Waals surface area contributed by atoms with Gasteiger partial charge in [0.2, 0.25) is 0 Å². The largest absolute Gasteiger partial charge is 0.484 e. The Kier molecular flexibility index (Phi) is 6.48. The highest BCUT2D eigenvalue weighted by Gasteiger charge is 2.04. The monoisotopic (exact) mass is 341 g/mol. The molecule has 0 atom stereocenters. The second-order valence-corrected chi connectivity index (χ2v) is 4.95. The molecule has 0 bridgehead atoms. The van der Waals surface area contributed by atoms with Crippen LogP contribution in [0.5, 0.6) is 11.5 Å². The van der Waals surface area contributed by atoms with Gasteiger partial charge in [-0.3, -0.25) is 4.79 Å². The minimum Gasteiger partial charge on any atom is -0.484 e. The number of hydrogen-bond donors (Lipinski definition) is 1. The van der Waals surface area contributed by atoms with Gasteiger partial charge < -0.3 is 9.47 Å². The number of nitriles is 1. The van der Waals surface area contributed by atoms with Crippen LogP contribution in [-0.2, 0) is 4.79 Å². The van der Waals surface area contributed by atoms with E-state index in [1.165, 1.54) is 18.2 Å². The van der Waals surface area contributed by atoms with Crippen molar-refractivity contribution < 1.29 is 18.7 Å². The molecule has 1 N–H and O–H groups in total. The predicted octanol–water partition coefficient (Wildman–Crippen LogP) is 2.65. The minimum absolute atomic E-state index is 0.0201. The number of ether oxygens (including phenoxy) is 2. The van der Waals surface area contributed by atoms with E-state index in [4.69, 9.17) is 14.7 Å². The summed E-state index contributed by atoms with van der Waals surface area (Å²) in [5, 5.41) is 12.4. The molecule has 2 aromatic carbocycles. The van der Waals surface area contributed by atoms with Crippen molar-refractivity contribution in [3.63, 3.8) is 0 Å². The maximum absolute atomic E-state index is 13.0. The molecule has 0 aliphatic carbocycles. The molecule has 25 heavy (non-hydrogen) atoms. The van der Waals surface area contributed by atoms with Gasteiger partial charge >= 0.3 is 0 Å². The highest BCUT2D eigenvalue weighted by Crippen LogP contribution is 2.13. The van der Waals surface area contributed by atoms with Gasteiger partial charge in [-0.25, -0.2) is 9.82 Å². The summed E-state index contributed by atoms with van der Waals surface area (Å²) in [6.07, 6.45) is 0. The van der Waals surface area contributed by atoms with Crippen LogP contribution in [0.1, 0.15) is 12.5 Å². The summed E-state index contributed by atoms with van der Waals surface area (Å²) in [6.45, 7) is 1.44. The van der Waals surface area contributed by atoms with Crippen molar-refractivity contribution in [1.29, 1.82) is 5.26 Å². The van der Waals surface area contributed by atoms with Gasteiger partial charge in [0.05, 0.1) is 5.71 Å². The first-order valence-electron chi connectivity index (χ1n) is 7.40. The van der Waals surface area contributed by atoms with Crippen LogP contribution in [0, 0.1) is 17.1 Å². The van der Waals surface area contributed by atoms with E-state index in [1.54, 1.807) is 37.3 Å². The summed E-state index contributed by atoms with van der Waals surface area (Å²) < 4.78 is 23.3. The minimum atomic E-state index is -0.461. The second-order valence-electron chi connectivity index (χ2n) is 4.95. The maximum Gasteiger partial charge on any atom is 0.277 e. The fourth-order valence-corrected chi connectivity index (χ4v) is 1.86. The van der Waals surface area contributed by atoms with Crippen molar-refractivity contribution in [2.45, 2.75) is 6.92 Å². The first-order chi connectivity index (χ1) is 12.1. The molecule has 2 rings (SSSR count). The molecule has 0 heterocycles. The Labute approximate surface area is 144 Å². The van der Waals surface area contributed by atoms with E-state index in [0.717, 1.165) is 5.56 Å². The van der Waals surface area contributed by atoms with Crippen molar-refractivity contribution in [3.05, 3.63) is 59.9 Å². The van der Waals surface area contributed by atoms with Crippen LogP contribution in [0.25, 0.3) is 0 Å². The Balaban J connectivity index is 1.85. The van der Waals surface area contributed by atoms with E-state index in [0.29, 0.717) is 11.5 Å². The van der Waals surface area contributed by atoms with Gasteiger partial charge in [0.1, 0.15) is 23.4 Å². The van der Waals surface area contributed by atoms with Crippen LogP contribution in [0.2, 0.25) is 0 Å². The van der Waals surface area contributed by atoms with Crippen molar-refractivity contribution in [2.75, 3.05) is 13.2 Å². The molecular formula is C18H16FN3O3. The average Bonchev–Trinajstić information content (AvgIpc) is 2.63. The van der Waals surface area contributed by atoms with Gasteiger partial charge in [-0.2, -0.15) is 10.4 Å².